The van der Waals surface area contributed by atoms with Crippen LogP contribution in [0.15, 0.2) is 52.7 Å². The molecule has 128 valence electrons. The minimum atomic E-state index is -0.114. The number of nitrogens with zero attached hydrogens (tertiary/aromatic N) is 3. The molecule has 0 fully saturated rings. The second-order valence-corrected chi connectivity index (χ2v) is 4.97. The summed E-state index contributed by atoms with van der Waals surface area (Å²) < 4.78 is 11.4. The number of nitriles is 1. The first-order valence-corrected chi connectivity index (χ1v) is 7.63. The molecule has 2 aromatic carbocycles. The summed E-state index contributed by atoms with van der Waals surface area (Å²) in [4.78, 5) is 0. The molecule has 0 aromatic heterocycles. The fourth-order valence-corrected chi connectivity index (χ4v) is 2.07. The Morgan fingerprint density at radius 2 is 1.96 bits per heavy atom. The highest BCUT2D eigenvalue weighted by Crippen LogP contribution is 2.29. The molecule has 7 heteroatoms. The topological polar surface area (TPSA) is 119 Å². The van der Waals surface area contributed by atoms with Crippen molar-refractivity contribution < 1.29 is 9.47 Å². The molecule has 0 radical (unpaired) electrons. The average molecular weight is 337 g/mol. The van der Waals surface area contributed by atoms with Crippen molar-refractivity contribution in [2.75, 3.05) is 6.61 Å². The van der Waals surface area contributed by atoms with Crippen LogP contribution in [0.5, 0.6) is 11.5 Å². The molecule has 0 amide bonds. The average Bonchev–Trinajstić information content (AvgIpc) is 2.61. The smallest absolute Gasteiger partial charge is 0.211 e. The maximum Gasteiger partial charge on any atom is 0.211 e. The van der Waals surface area contributed by atoms with Crippen LogP contribution in [0.3, 0.4) is 0 Å². The Morgan fingerprint density at radius 3 is 2.68 bits per heavy atom. The third kappa shape index (κ3) is 5.25. The van der Waals surface area contributed by atoms with Gasteiger partial charge in [0, 0.05) is 5.56 Å². The normalized spacial score (nSPS) is 10.2. The van der Waals surface area contributed by atoms with E-state index in [9.17, 15) is 0 Å². The predicted molar refractivity (Wildman–Crippen MR) is 96.5 cm³/mol. The Balaban J connectivity index is 2.18. The molecule has 0 atom stereocenters. The summed E-state index contributed by atoms with van der Waals surface area (Å²) >= 11 is 0. The van der Waals surface area contributed by atoms with E-state index in [0.29, 0.717) is 23.7 Å². The third-order valence-electron chi connectivity index (χ3n) is 3.17. The van der Waals surface area contributed by atoms with Crippen LogP contribution in [0.25, 0.3) is 0 Å². The summed E-state index contributed by atoms with van der Waals surface area (Å²) in [6, 6.07) is 14.8. The van der Waals surface area contributed by atoms with Crippen LogP contribution in [-0.4, -0.2) is 18.8 Å². The Bertz CT molecular complexity index is 820. The monoisotopic (exact) mass is 337 g/mol. The van der Waals surface area contributed by atoms with Crippen LogP contribution >= 0.6 is 0 Å². The van der Waals surface area contributed by atoms with Crippen LogP contribution in [0.2, 0.25) is 0 Å². The predicted octanol–water partition coefficient (Wildman–Crippen LogP) is 2.14. The molecule has 25 heavy (non-hydrogen) atoms. The second-order valence-electron chi connectivity index (χ2n) is 4.97. The number of ether oxygens (including phenoxy) is 2. The Morgan fingerprint density at radius 1 is 1.16 bits per heavy atom. The molecule has 2 rings (SSSR count). The van der Waals surface area contributed by atoms with Gasteiger partial charge in [0.05, 0.1) is 24.5 Å². The number of hydrogen-bond acceptors (Lipinski definition) is 5. The quantitative estimate of drug-likeness (QED) is 0.456. The number of nitrogens with two attached hydrogens (primary N) is 2. The minimum absolute atomic E-state index is 0.114. The lowest BCUT2D eigenvalue weighted by Gasteiger charge is -2.13. The molecular formula is C18H19N5O2. The number of guanidine groups is 1. The van der Waals surface area contributed by atoms with E-state index in [-0.39, 0.29) is 12.6 Å². The molecule has 0 saturated heterocycles. The van der Waals surface area contributed by atoms with Crippen LogP contribution < -0.4 is 20.9 Å². The van der Waals surface area contributed by atoms with E-state index in [0.717, 1.165) is 11.1 Å². The molecule has 0 spiro atoms. The van der Waals surface area contributed by atoms with Gasteiger partial charge in [-0.1, -0.05) is 18.2 Å². The zero-order chi connectivity index (χ0) is 18.1. The van der Waals surface area contributed by atoms with Crippen LogP contribution in [0.1, 0.15) is 23.6 Å². The first-order valence-electron chi connectivity index (χ1n) is 7.63. The highest BCUT2D eigenvalue weighted by Gasteiger charge is 2.08. The summed E-state index contributed by atoms with van der Waals surface area (Å²) in [6.45, 7) is 2.64. The van der Waals surface area contributed by atoms with E-state index in [1.54, 1.807) is 24.3 Å². The van der Waals surface area contributed by atoms with Gasteiger partial charge in [-0.15, -0.1) is 5.10 Å². The third-order valence-corrected chi connectivity index (χ3v) is 3.17. The molecule has 0 bridgehead atoms. The molecule has 0 aliphatic rings. The molecule has 0 heterocycles. The lowest BCUT2D eigenvalue weighted by Crippen LogP contribution is -2.21. The molecule has 7 nitrogen and oxygen atoms in total. The number of benzene rings is 2. The maximum absolute atomic E-state index is 9.14. The maximum atomic E-state index is 9.14. The van der Waals surface area contributed by atoms with Crippen molar-refractivity contribution in [3.05, 3.63) is 59.2 Å². The zero-order valence-electron chi connectivity index (χ0n) is 13.8. The van der Waals surface area contributed by atoms with Crippen LogP contribution in [0, 0.1) is 11.3 Å². The van der Waals surface area contributed by atoms with E-state index >= 15 is 0 Å². The van der Waals surface area contributed by atoms with E-state index < -0.39 is 0 Å². The summed E-state index contributed by atoms with van der Waals surface area (Å²) in [7, 11) is 0. The van der Waals surface area contributed by atoms with E-state index in [1.807, 2.05) is 25.1 Å². The minimum Gasteiger partial charge on any atom is -0.490 e. The molecule has 4 N–H and O–H groups in total. The van der Waals surface area contributed by atoms with E-state index in [2.05, 4.69) is 16.3 Å². The van der Waals surface area contributed by atoms with Gasteiger partial charge in [0.2, 0.25) is 5.96 Å². The molecule has 2 aromatic rings. The molecule has 0 aliphatic heterocycles. The van der Waals surface area contributed by atoms with Crippen LogP contribution in [0.4, 0.5) is 0 Å². The van der Waals surface area contributed by atoms with Gasteiger partial charge in [0.1, 0.15) is 6.61 Å². The first kappa shape index (κ1) is 17.8. The van der Waals surface area contributed by atoms with Gasteiger partial charge in [0.15, 0.2) is 11.5 Å². The Kier molecular flexibility index (Phi) is 6.37. The van der Waals surface area contributed by atoms with Gasteiger partial charge in [-0.05, 0) is 36.8 Å². The number of hydrogen-bond donors (Lipinski definition) is 2. The van der Waals surface area contributed by atoms with Crippen molar-refractivity contribution in [2.45, 2.75) is 13.5 Å². The van der Waals surface area contributed by atoms with Crippen molar-refractivity contribution >= 4 is 12.2 Å². The van der Waals surface area contributed by atoms with Gasteiger partial charge in [0.25, 0.3) is 0 Å². The summed E-state index contributed by atoms with van der Waals surface area (Å²) in [5.41, 5.74) is 12.6. The Hall–Kier alpha value is -3.53. The van der Waals surface area contributed by atoms with Gasteiger partial charge in [-0.3, -0.25) is 0 Å². The zero-order valence-corrected chi connectivity index (χ0v) is 13.8. The molecule has 0 unspecified atom stereocenters. The van der Waals surface area contributed by atoms with Crippen molar-refractivity contribution in [3.63, 3.8) is 0 Å². The summed E-state index contributed by atoms with van der Waals surface area (Å²) in [6.07, 6.45) is 1.51. The highest BCUT2D eigenvalue weighted by molar-refractivity contribution is 5.82. The molecule has 0 aliphatic carbocycles. The largest absolute Gasteiger partial charge is 0.490 e. The molecule has 0 saturated carbocycles. The number of rotatable bonds is 7. The van der Waals surface area contributed by atoms with Crippen LogP contribution in [-0.2, 0) is 6.61 Å². The fourth-order valence-electron chi connectivity index (χ4n) is 2.07. The van der Waals surface area contributed by atoms with Crippen molar-refractivity contribution in [2.24, 2.45) is 21.7 Å². The molecular weight excluding hydrogens is 318 g/mol. The fraction of sp³-hybridized carbons (Fsp3) is 0.167. The van der Waals surface area contributed by atoms with Gasteiger partial charge >= 0.3 is 0 Å². The first-order chi connectivity index (χ1) is 12.1. The Labute approximate surface area is 146 Å². The van der Waals surface area contributed by atoms with E-state index in [4.69, 9.17) is 26.2 Å². The SMILES string of the molecule is CCOc1cc(C=NN=C(N)N)ccc1OCc1ccccc1C#N. The lowest BCUT2D eigenvalue weighted by atomic mass is 10.1. The van der Waals surface area contributed by atoms with Gasteiger partial charge in [-0.2, -0.15) is 10.4 Å². The van der Waals surface area contributed by atoms with Gasteiger partial charge < -0.3 is 20.9 Å². The lowest BCUT2D eigenvalue weighted by molar-refractivity contribution is 0.269. The summed E-state index contributed by atoms with van der Waals surface area (Å²) in [5.74, 6) is 1.04. The van der Waals surface area contributed by atoms with Crippen molar-refractivity contribution in [3.8, 4) is 17.6 Å². The van der Waals surface area contributed by atoms with Gasteiger partial charge in [-0.25, -0.2) is 0 Å². The van der Waals surface area contributed by atoms with Crippen molar-refractivity contribution in [1.29, 1.82) is 5.26 Å². The van der Waals surface area contributed by atoms with E-state index in [1.165, 1.54) is 6.21 Å². The second kappa shape index (κ2) is 8.93. The standard InChI is InChI=1S/C18H19N5O2/c1-2-24-17-9-13(11-22-23-18(20)21)7-8-16(17)25-12-15-6-4-3-5-14(15)10-19/h3-9,11H,2,12H2,1H3,(H4,20,21,23). The highest BCUT2D eigenvalue weighted by atomic mass is 16.5. The summed E-state index contributed by atoms with van der Waals surface area (Å²) in [5, 5.41) is 16.5. The van der Waals surface area contributed by atoms with Crippen molar-refractivity contribution in [1.82, 2.24) is 0 Å².